The second kappa shape index (κ2) is 5.46. The van der Waals surface area contributed by atoms with E-state index in [0.29, 0.717) is 6.61 Å². The summed E-state index contributed by atoms with van der Waals surface area (Å²) in [5.41, 5.74) is 0.237. The average Bonchev–Trinajstić information content (AvgIpc) is 2.65. The van der Waals surface area contributed by atoms with Crippen LogP contribution in [0.15, 0.2) is 12.4 Å². The lowest BCUT2D eigenvalue weighted by Crippen LogP contribution is -2.32. The summed E-state index contributed by atoms with van der Waals surface area (Å²) in [6.07, 6.45) is 3.99. The quantitative estimate of drug-likeness (QED) is 0.808. The van der Waals surface area contributed by atoms with Crippen molar-refractivity contribution in [1.82, 2.24) is 9.78 Å². The number of aliphatic hydroxyl groups excluding tert-OH is 1. The Labute approximate surface area is 97.2 Å². The monoisotopic (exact) mass is 226 g/mol. The Kier molecular flexibility index (Phi) is 4.50. The summed E-state index contributed by atoms with van der Waals surface area (Å²) >= 11 is 0. The fourth-order valence-corrected chi connectivity index (χ4v) is 1.72. The minimum absolute atomic E-state index is 0.575. The van der Waals surface area contributed by atoms with Gasteiger partial charge < -0.3 is 9.84 Å². The Morgan fingerprint density at radius 2 is 2.19 bits per heavy atom. The third-order valence-corrected chi connectivity index (χ3v) is 2.60. The summed E-state index contributed by atoms with van der Waals surface area (Å²) in [5, 5.41) is 14.4. The molecule has 0 aliphatic carbocycles. The predicted molar refractivity (Wildman–Crippen MR) is 63.2 cm³/mol. The topological polar surface area (TPSA) is 47.3 Å². The zero-order chi connectivity index (χ0) is 12.2. The van der Waals surface area contributed by atoms with Gasteiger partial charge in [-0.3, -0.25) is 4.68 Å². The molecule has 0 amide bonds. The van der Waals surface area contributed by atoms with E-state index in [0.717, 1.165) is 18.5 Å². The second-order valence-corrected chi connectivity index (χ2v) is 4.48. The van der Waals surface area contributed by atoms with Crippen molar-refractivity contribution in [1.29, 1.82) is 0 Å². The Morgan fingerprint density at radius 3 is 2.75 bits per heavy atom. The van der Waals surface area contributed by atoms with Gasteiger partial charge >= 0.3 is 0 Å². The molecule has 0 radical (unpaired) electrons. The molecule has 1 aromatic rings. The van der Waals surface area contributed by atoms with Crippen molar-refractivity contribution >= 4 is 0 Å². The molecule has 16 heavy (non-hydrogen) atoms. The summed E-state index contributed by atoms with van der Waals surface area (Å²) in [6.45, 7) is 9.27. The predicted octanol–water partition coefficient (Wildman–Crippen LogP) is 2.14. The molecule has 0 spiro atoms. The largest absolute Gasteiger partial charge is 0.385 e. The second-order valence-electron chi connectivity index (χ2n) is 4.48. The lowest BCUT2D eigenvalue weighted by molar-refractivity contribution is -0.0983. The summed E-state index contributed by atoms with van der Waals surface area (Å²) in [4.78, 5) is 0. The first-order chi connectivity index (χ1) is 7.51. The highest BCUT2D eigenvalue weighted by molar-refractivity contribution is 5.12. The smallest absolute Gasteiger partial charge is 0.110 e. The van der Waals surface area contributed by atoms with Crippen molar-refractivity contribution < 1.29 is 9.84 Å². The molecule has 0 fully saturated rings. The average molecular weight is 226 g/mol. The van der Waals surface area contributed by atoms with Crippen LogP contribution < -0.4 is 0 Å². The van der Waals surface area contributed by atoms with Gasteiger partial charge in [0.25, 0.3) is 0 Å². The molecule has 4 heteroatoms. The van der Waals surface area contributed by atoms with E-state index in [9.17, 15) is 5.11 Å². The van der Waals surface area contributed by atoms with E-state index in [4.69, 9.17) is 4.74 Å². The molecule has 0 aliphatic rings. The zero-order valence-electron chi connectivity index (χ0n) is 10.6. The normalized spacial score (nSPS) is 14.1. The van der Waals surface area contributed by atoms with Crippen LogP contribution in [0.4, 0.5) is 0 Å². The van der Waals surface area contributed by atoms with Gasteiger partial charge in [-0.2, -0.15) is 5.10 Å². The van der Waals surface area contributed by atoms with E-state index < -0.39 is 11.7 Å². The molecule has 0 aromatic carbocycles. The molecular weight excluding hydrogens is 204 g/mol. The van der Waals surface area contributed by atoms with Gasteiger partial charge in [-0.1, -0.05) is 6.92 Å². The van der Waals surface area contributed by atoms with Crippen molar-refractivity contribution in [2.24, 2.45) is 0 Å². The molecule has 1 rings (SSSR count). The van der Waals surface area contributed by atoms with Gasteiger partial charge in [0, 0.05) is 24.9 Å². The van der Waals surface area contributed by atoms with Gasteiger partial charge in [-0.25, -0.2) is 0 Å². The van der Waals surface area contributed by atoms with Crippen molar-refractivity contribution in [2.45, 2.75) is 52.4 Å². The van der Waals surface area contributed by atoms with Crippen LogP contribution >= 0.6 is 0 Å². The maximum Gasteiger partial charge on any atom is 0.110 e. The standard InChI is InChI=1S/C12H22N2O2/c1-5-7-14-9-10(8-13-14)11(15)12(3,4)16-6-2/h8-9,11,15H,5-7H2,1-4H3. The number of hydrogen-bond acceptors (Lipinski definition) is 3. The van der Waals surface area contributed by atoms with Gasteiger partial charge in [0.15, 0.2) is 0 Å². The number of rotatable bonds is 6. The van der Waals surface area contributed by atoms with Crippen molar-refractivity contribution in [3.05, 3.63) is 18.0 Å². The molecule has 1 atom stereocenters. The SMILES string of the molecule is CCCn1cc(C(O)C(C)(C)OCC)cn1. The minimum atomic E-state index is -0.641. The molecular formula is C12H22N2O2. The Hall–Kier alpha value is -0.870. The first-order valence-corrected chi connectivity index (χ1v) is 5.85. The molecule has 92 valence electrons. The lowest BCUT2D eigenvalue weighted by atomic mass is 9.97. The van der Waals surface area contributed by atoms with Crippen LogP contribution in [-0.2, 0) is 11.3 Å². The van der Waals surface area contributed by atoms with Crippen molar-refractivity contribution in [3.63, 3.8) is 0 Å². The van der Waals surface area contributed by atoms with E-state index in [-0.39, 0.29) is 0 Å². The Morgan fingerprint density at radius 1 is 1.50 bits per heavy atom. The number of nitrogens with zero attached hydrogens (tertiary/aromatic N) is 2. The van der Waals surface area contributed by atoms with Gasteiger partial charge in [-0.05, 0) is 27.2 Å². The first-order valence-electron chi connectivity index (χ1n) is 5.85. The van der Waals surface area contributed by atoms with E-state index in [1.807, 2.05) is 31.6 Å². The number of aliphatic hydroxyl groups is 1. The highest BCUT2D eigenvalue weighted by Gasteiger charge is 2.30. The lowest BCUT2D eigenvalue weighted by Gasteiger charge is -2.29. The third-order valence-electron chi connectivity index (χ3n) is 2.60. The molecule has 1 unspecified atom stereocenters. The fourth-order valence-electron chi connectivity index (χ4n) is 1.72. The van der Waals surface area contributed by atoms with Crippen molar-refractivity contribution in [2.75, 3.05) is 6.61 Å². The Balaban J connectivity index is 2.75. The van der Waals surface area contributed by atoms with Crippen LogP contribution in [0.1, 0.15) is 45.8 Å². The van der Waals surface area contributed by atoms with Gasteiger partial charge in [0.2, 0.25) is 0 Å². The number of ether oxygens (including phenoxy) is 1. The molecule has 0 aliphatic heterocycles. The molecule has 0 saturated carbocycles. The number of aryl methyl sites for hydroxylation is 1. The van der Waals surface area contributed by atoms with E-state index in [1.54, 1.807) is 6.20 Å². The minimum Gasteiger partial charge on any atom is -0.385 e. The maximum absolute atomic E-state index is 10.2. The number of aromatic nitrogens is 2. The van der Waals surface area contributed by atoms with Gasteiger partial charge in [0.1, 0.15) is 6.10 Å². The van der Waals surface area contributed by atoms with Crippen LogP contribution in [0, 0.1) is 0 Å². The first kappa shape index (κ1) is 13.2. The van der Waals surface area contributed by atoms with E-state index in [1.165, 1.54) is 0 Å². The van der Waals surface area contributed by atoms with Crippen LogP contribution in [0.3, 0.4) is 0 Å². The molecule has 0 bridgehead atoms. The van der Waals surface area contributed by atoms with Crippen LogP contribution in [0.25, 0.3) is 0 Å². The van der Waals surface area contributed by atoms with Crippen molar-refractivity contribution in [3.8, 4) is 0 Å². The molecule has 0 saturated heterocycles. The van der Waals surface area contributed by atoms with E-state index in [2.05, 4.69) is 12.0 Å². The zero-order valence-corrected chi connectivity index (χ0v) is 10.6. The summed E-state index contributed by atoms with van der Waals surface area (Å²) < 4.78 is 7.38. The van der Waals surface area contributed by atoms with Crippen LogP contribution in [0.5, 0.6) is 0 Å². The summed E-state index contributed by atoms with van der Waals surface area (Å²) in [6, 6.07) is 0. The third kappa shape index (κ3) is 3.06. The molecule has 1 heterocycles. The summed E-state index contributed by atoms with van der Waals surface area (Å²) in [5.74, 6) is 0. The fraction of sp³-hybridized carbons (Fsp3) is 0.750. The van der Waals surface area contributed by atoms with Crippen LogP contribution in [-0.4, -0.2) is 27.1 Å². The van der Waals surface area contributed by atoms with E-state index >= 15 is 0 Å². The number of hydrogen-bond donors (Lipinski definition) is 1. The van der Waals surface area contributed by atoms with Gasteiger partial charge in [0.05, 0.1) is 11.8 Å². The molecule has 1 N–H and O–H groups in total. The Bertz CT molecular complexity index is 321. The van der Waals surface area contributed by atoms with Gasteiger partial charge in [-0.15, -0.1) is 0 Å². The maximum atomic E-state index is 10.2. The molecule has 1 aromatic heterocycles. The van der Waals surface area contributed by atoms with Crippen LogP contribution in [0.2, 0.25) is 0 Å². The highest BCUT2D eigenvalue weighted by atomic mass is 16.5. The molecule has 4 nitrogen and oxygen atoms in total. The highest BCUT2D eigenvalue weighted by Crippen LogP contribution is 2.28. The summed E-state index contributed by atoms with van der Waals surface area (Å²) in [7, 11) is 0.